The summed E-state index contributed by atoms with van der Waals surface area (Å²) in [6.45, 7) is 0. The number of anilines is 3. The van der Waals surface area contributed by atoms with Crippen molar-refractivity contribution in [3.8, 4) is 6.07 Å². The molecule has 0 radical (unpaired) electrons. The van der Waals surface area contributed by atoms with E-state index in [0.29, 0.717) is 5.57 Å². The lowest BCUT2D eigenvalue weighted by Gasteiger charge is -2.07. The zero-order valence-corrected chi connectivity index (χ0v) is 13.0. The van der Waals surface area contributed by atoms with E-state index < -0.39 is 0 Å². The minimum absolute atomic E-state index is 0.0477. The van der Waals surface area contributed by atoms with E-state index in [0.717, 1.165) is 11.4 Å². The number of para-hydroxylation sites is 1. The number of nitrogens with two attached hydrogens (primary N) is 1. The first-order valence-corrected chi connectivity index (χ1v) is 7.23. The number of nitrogens with one attached hydrogen (secondary N) is 1. The maximum absolute atomic E-state index is 9.45. The standard InChI is InChI=1S/C17H15N7/c1-24-9-5-8-14(24)10-12(11-18)15-21-16(19)23-17(22-15)20-13-6-3-2-4-7-13/h2-10H,1H3,(H3,19,20,21,22,23). The van der Waals surface area contributed by atoms with Gasteiger partial charge in [0.15, 0.2) is 5.82 Å². The van der Waals surface area contributed by atoms with E-state index in [4.69, 9.17) is 5.73 Å². The summed E-state index contributed by atoms with van der Waals surface area (Å²) in [4.78, 5) is 12.4. The summed E-state index contributed by atoms with van der Waals surface area (Å²) in [5.74, 6) is 0.563. The number of allylic oxidation sites excluding steroid dienone is 1. The molecule has 0 aliphatic heterocycles. The van der Waals surface area contributed by atoms with Gasteiger partial charge in [0.25, 0.3) is 0 Å². The molecule has 0 saturated carbocycles. The Morgan fingerprint density at radius 1 is 1.17 bits per heavy atom. The largest absolute Gasteiger partial charge is 0.368 e. The number of aromatic nitrogens is 4. The molecule has 0 aliphatic rings. The number of nitrogens with zero attached hydrogens (tertiary/aromatic N) is 5. The number of nitrogen functional groups attached to an aromatic ring is 1. The quantitative estimate of drug-likeness (QED) is 0.716. The highest BCUT2D eigenvalue weighted by Gasteiger charge is 2.10. The molecule has 0 unspecified atom stereocenters. The monoisotopic (exact) mass is 317 g/mol. The third-order valence-corrected chi connectivity index (χ3v) is 3.32. The van der Waals surface area contributed by atoms with Gasteiger partial charge in [0.2, 0.25) is 11.9 Å². The second kappa shape index (κ2) is 6.62. The number of hydrogen-bond donors (Lipinski definition) is 2. The average Bonchev–Trinajstić information content (AvgIpc) is 2.98. The fraction of sp³-hybridized carbons (Fsp3) is 0.0588. The molecule has 3 N–H and O–H groups in total. The second-order valence-electron chi connectivity index (χ2n) is 5.05. The van der Waals surface area contributed by atoms with Gasteiger partial charge < -0.3 is 15.6 Å². The van der Waals surface area contributed by atoms with Crippen LogP contribution >= 0.6 is 0 Å². The zero-order chi connectivity index (χ0) is 16.9. The second-order valence-corrected chi connectivity index (χ2v) is 5.05. The van der Waals surface area contributed by atoms with Gasteiger partial charge >= 0.3 is 0 Å². The summed E-state index contributed by atoms with van der Waals surface area (Å²) in [6, 6.07) is 15.4. The van der Waals surface area contributed by atoms with Gasteiger partial charge in [-0.05, 0) is 30.3 Å². The Morgan fingerprint density at radius 3 is 2.62 bits per heavy atom. The first-order valence-electron chi connectivity index (χ1n) is 7.23. The number of nitriles is 1. The van der Waals surface area contributed by atoms with Gasteiger partial charge in [-0.25, -0.2) is 0 Å². The molecule has 7 heteroatoms. The molecule has 3 aromatic rings. The summed E-state index contributed by atoms with van der Waals surface area (Å²) in [5, 5.41) is 12.5. The molecule has 0 atom stereocenters. The molecule has 24 heavy (non-hydrogen) atoms. The Morgan fingerprint density at radius 2 is 1.96 bits per heavy atom. The first kappa shape index (κ1) is 15.2. The summed E-state index contributed by atoms with van der Waals surface area (Å²) in [7, 11) is 1.89. The van der Waals surface area contributed by atoms with E-state index in [9.17, 15) is 5.26 Å². The van der Waals surface area contributed by atoms with Crippen molar-refractivity contribution in [2.45, 2.75) is 0 Å². The van der Waals surface area contributed by atoms with Gasteiger partial charge in [0.05, 0.1) is 5.57 Å². The van der Waals surface area contributed by atoms with Crippen LogP contribution in [0.4, 0.5) is 17.6 Å². The first-order chi connectivity index (χ1) is 11.7. The predicted molar refractivity (Wildman–Crippen MR) is 92.9 cm³/mol. The van der Waals surface area contributed by atoms with E-state index >= 15 is 0 Å². The van der Waals surface area contributed by atoms with Crippen LogP contribution in [0.15, 0.2) is 48.7 Å². The van der Waals surface area contributed by atoms with Crippen molar-refractivity contribution in [3.05, 3.63) is 60.2 Å². The van der Waals surface area contributed by atoms with Crippen LogP contribution in [0.3, 0.4) is 0 Å². The minimum atomic E-state index is 0.0477. The lowest BCUT2D eigenvalue weighted by atomic mass is 10.2. The third-order valence-electron chi connectivity index (χ3n) is 3.32. The van der Waals surface area contributed by atoms with Crippen molar-refractivity contribution in [3.63, 3.8) is 0 Å². The molecule has 0 aliphatic carbocycles. The molecule has 3 rings (SSSR count). The third kappa shape index (κ3) is 3.39. The van der Waals surface area contributed by atoms with Crippen LogP contribution in [0.25, 0.3) is 11.6 Å². The van der Waals surface area contributed by atoms with Crippen molar-refractivity contribution < 1.29 is 0 Å². The lowest BCUT2D eigenvalue weighted by molar-refractivity contribution is 0.915. The molecular formula is C17H15N7. The Bertz CT molecular complexity index is 920. The van der Waals surface area contributed by atoms with E-state index in [1.54, 1.807) is 6.08 Å². The Labute approximate surface area is 139 Å². The number of hydrogen-bond acceptors (Lipinski definition) is 6. The van der Waals surface area contributed by atoms with Gasteiger partial charge in [0, 0.05) is 24.6 Å². The number of aryl methyl sites for hydroxylation is 1. The fourth-order valence-electron chi connectivity index (χ4n) is 2.14. The van der Waals surface area contributed by atoms with E-state index in [1.165, 1.54) is 0 Å². The van der Waals surface area contributed by atoms with Crippen LogP contribution in [0, 0.1) is 11.3 Å². The SMILES string of the molecule is Cn1cccc1C=C(C#N)c1nc(N)nc(Nc2ccccc2)n1. The molecule has 0 fully saturated rings. The van der Waals surface area contributed by atoms with Gasteiger partial charge in [-0.2, -0.15) is 20.2 Å². The summed E-state index contributed by atoms with van der Waals surface area (Å²) < 4.78 is 1.89. The van der Waals surface area contributed by atoms with E-state index in [2.05, 4.69) is 26.3 Å². The van der Waals surface area contributed by atoms with Crippen LogP contribution < -0.4 is 11.1 Å². The maximum atomic E-state index is 9.45. The molecule has 0 saturated heterocycles. The van der Waals surface area contributed by atoms with Gasteiger partial charge in [0.1, 0.15) is 6.07 Å². The highest BCUT2D eigenvalue weighted by Crippen LogP contribution is 2.18. The maximum Gasteiger partial charge on any atom is 0.232 e. The van der Waals surface area contributed by atoms with Crippen molar-refractivity contribution in [2.75, 3.05) is 11.1 Å². The zero-order valence-electron chi connectivity index (χ0n) is 13.0. The lowest BCUT2D eigenvalue weighted by Crippen LogP contribution is -2.06. The summed E-state index contributed by atoms with van der Waals surface area (Å²) in [6.07, 6.45) is 3.60. The number of rotatable bonds is 4. The van der Waals surface area contributed by atoms with Crippen LogP contribution in [-0.4, -0.2) is 19.5 Å². The Kier molecular flexibility index (Phi) is 4.21. The van der Waals surface area contributed by atoms with Crippen LogP contribution in [-0.2, 0) is 7.05 Å². The Balaban J connectivity index is 1.97. The molecule has 0 bridgehead atoms. The van der Waals surface area contributed by atoms with Crippen LogP contribution in [0.2, 0.25) is 0 Å². The Hall–Kier alpha value is -3.66. The smallest absolute Gasteiger partial charge is 0.232 e. The molecule has 118 valence electrons. The van der Waals surface area contributed by atoms with Gasteiger partial charge in [-0.3, -0.25) is 0 Å². The van der Waals surface area contributed by atoms with Gasteiger partial charge in [-0.1, -0.05) is 18.2 Å². The molecule has 7 nitrogen and oxygen atoms in total. The van der Waals surface area contributed by atoms with Crippen molar-refractivity contribution in [1.82, 2.24) is 19.5 Å². The normalized spacial score (nSPS) is 11.1. The van der Waals surface area contributed by atoms with Crippen molar-refractivity contribution in [1.29, 1.82) is 5.26 Å². The molecule has 2 heterocycles. The molecule has 0 spiro atoms. The topological polar surface area (TPSA) is 105 Å². The van der Waals surface area contributed by atoms with Crippen molar-refractivity contribution in [2.24, 2.45) is 7.05 Å². The predicted octanol–water partition coefficient (Wildman–Crippen LogP) is 2.60. The molecule has 2 aromatic heterocycles. The van der Waals surface area contributed by atoms with Gasteiger partial charge in [-0.15, -0.1) is 0 Å². The minimum Gasteiger partial charge on any atom is -0.368 e. The molecular weight excluding hydrogens is 302 g/mol. The molecule has 0 amide bonds. The molecule has 1 aromatic carbocycles. The number of benzene rings is 1. The van der Waals surface area contributed by atoms with Crippen LogP contribution in [0.5, 0.6) is 0 Å². The summed E-state index contributed by atoms with van der Waals surface area (Å²) >= 11 is 0. The van der Waals surface area contributed by atoms with Crippen molar-refractivity contribution >= 4 is 29.2 Å². The van der Waals surface area contributed by atoms with Crippen LogP contribution in [0.1, 0.15) is 11.5 Å². The summed E-state index contributed by atoms with van der Waals surface area (Å²) in [5.41, 5.74) is 7.75. The average molecular weight is 317 g/mol. The van der Waals surface area contributed by atoms with E-state index in [1.807, 2.05) is 60.3 Å². The fourth-order valence-corrected chi connectivity index (χ4v) is 2.14. The highest BCUT2D eigenvalue weighted by molar-refractivity contribution is 5.86. The van der Waals surface area contributed by atoms with E-state index in [-0.39, 0.29) is 17.7 Å². The highest BCUT2D eigenvalue weighted by atomic mass is 15.2.